The molecular weight excluding hydrogens is 238 g/mol. The zero-order valence-corrected chi connectivity index (χ0v) is 10.9. The number of carbonyl (C=O) groups is 2. The maximum Gasteiger partial charge on any atom is 0.307 e. The lowest BCUT2D eigenvalue weighted by Gasteiger charge is -2.05. The summed E-state index contributed by atoms with van der Waals surface area (Å²) in [5.74, 6) is -0.393. The second kappa shape index (κ2) is 7.06. The van der Waals surface area contributed by atoms with E-state index in [1.807, 2.05) is 18.4 Å². The van der Waals surface area contributed by atoms with Crippen molar-refractivity contribution in [3.8, 4) is 0 Å². The quantitative estimate of drug-likeness (QED) is 0.791. The Balaban J connectivity index is 2.37. The molecule has 0 atom stereocenters. The van der Waals surface area contributed by atoms with Crippen LogP contribution in [0.5, 0.6) is 0 Å². The molecule has 94 valence electrons. The highest BCUT2D eigenvalue weighted by atomic mass is 32.1. The number of nitrogens with one attached hydrogen (secondary N) is 1. The Bertz CT molecular complexity index is 387. The lowest BCUT2D eigenvalue weighted by Crippen LogP contribution is -2.26. The molecule has 0 fully saturated rings. The van der Waals surface area contributed by atoms with Gasteiger partial charge in [0.05, 0.1) is 17.9 Å². The molecule has 1 rings (SSSR count). The largest absolute Gasteiger partial charge is 0.466 e. The summed E-state index contributed by atoms with van der Waals surface area (Å²) in [7, 11) is 0. The van der Waals surface area contributed by atoms with Crippen LogP contribution < -0.4 is 5.32 Å². The number of hydrogen-bond acceptors (Lipinski definition) is 4. The fourth-order valence-electron chi connectivity index (χ4n) is 1.40. The third-order valence-corrected chi connectivity index (χ3v) is 3.21. The van der Waals surface area contributed by atoms with E-state index in [-0.39, 0.29) is 18.3 Å². The lowest BCUT2D eigenvalue weighted by atomic mass is 10.2. The topological polar surface area (TPSA) is 55.4 Å². The molecule has 5 heteroatoms. The van der Waals surface area contributed by atoms with E-state index in [0.29, 0.717) is 13.2 Å². The van der Waals surface area contributed by atoms with Crippen LogP contribution in [0.25, 0.3) is 0 Å². The van der Waals surface area contributed by atoms with Crippen LogP contribution in [0.4, 0.5) is 0 Å². The van der Waals surface area contributed by atoms with Crippen molar-refractivity contribution in [3.05, 3.63) is 21.9 Å². The molecule has 0 unspecified atom stereocenters. The van der Waals surface area contributed by atoms with Gasteiger partial charge < -0.3 is 10.1 Å². The number of aryl methyl sites for hydroxylation is 1. The van der Waals surface area contributed by atoms with Crippen molar-refractivity contribution in [2.75, 3.05) is 13.2 Å². The van der Waals surface area contributed by atoms with E-state index < -0.39 is 0 Å². The molecule has 0 aliphatic rings. The van der Waals surface area contributed by atoms with Gasteiger partial charge in [0, 0.05) is 6.54 Å². The summed E-state index contributed by atoms with van der Waals surface area (Å²) in [4.78, 5) is 23.6. The standard InChI is InChI=1S/C12H17NO3S/c1-3-9-6-8-17-11(9)12(15)13-7-5-10(14)16-4-2/h6,8H,3-5,7H2,1-2H3,(H,13,15). The predicted molar refractivity (Wildman–Crippen MR) is 67.3 cm³/mol. The van der Waals surface area contributed by atoms with Gasteiger partial charge in [-0.1, -0.05) is 6.92 Å². The molecule has 0 bridgehead atoms. The van der Waals surface area contributed by atoms with Crippen molar-refractivity contribution in [1.82, 2.24) is 5.32 Å². The monoisotopic (exact) mass is 255 g/mol. The Labute approximate surface area is 105 Å². The summed E-state index contributed by atoms with van der Waals surface area (Å²) < 4.78 is 4.77. The van der Waals surface area contributed by atoms with E-state index in [0.717, 1.165) is 16.9 Å². The molecular formula is C12H17NO3S. The van der Waals surface area contributed by atoms with Crippen molar-refractivity contribution < 1.29 is 14.3 Å². The summed E-state index contributed by atoms with van der Waals surface area (Å²) in [6, 6.07) is 1.95. The Morgan fingerprint density at radius 3 is 2.82 bits per heavy atom. The first-order chi connectivity index (χ1) is 8.19. The van der Waals surface area contributed by atoms with Gasteiger partial charge in [-0.05, 0) is 30.4 Å². The normalized spacial score (nSPS) is 10.0. The highest BCUT2D eigenvalue weighted by Crippen LogP contribution is 2.16. The van der Waals surface area contributed by atoms with E-state index in [2.05, 4.69) is 5.32 Å². The Kier molecular flexibility index (Phi) is 5.69. The van der Waals surface area contributed by atoms with Gasteiger partial charge in [-0.25, -0.2) is 0 Å². The smallest absolute Gasteiger partial charge is 0.307 e. The van der Waals surface area contributed by atoms with Crippen LogP contribution in [0.2, 0.25) is 0 Å². The van der Waals surface area contributed by atoms with Gasteiger partial charge >= 0.3 is 5.97 Å². The van der Waals surface area contributed by atoms with E-state index >= 15 is 0 Å². The van der Waals surface area contributed by atoms with Gasteiger partial charge in [0.1, 0.15) is 0 Å². The Morgan fingerprint density at radius 2 is 2.18 bits per heavy atom. The molecule has 17 heavy (non-hydrogen) atoms. The van der Waals surface area contributed by atoms with Crippen molar-refractivity contribution in [3.63, 3.8) is 0 Å². The predicted octanol–water partition coefficient (Wildman–Crippen LogP) is 1.99. The van der Waals surface area contributed by atoms with Crippen molar-refractivity contribution in [2.24, 2.45) is 0 Å². The second-order valence-electron chi connectivity index (χ2n) is 3.44. The molecule has 0 radical (unpaired) electrons. The highest BCUT2D eigenvalue weighted by Gasteiger charge is 2.11. The zero-order valence-electron chi connectivity index (χ0n) is 10.1. The molecule has 0 saturated carbocycles. The van der Waals surface area contributed by atoms with Crippen LogP contribution in [-0.4, -0.2) is 25.0 Å². The third-order valence-electron chi connectivity index (χ3n) is 2.25. The van der Waals surface area contributed by atoms with Crippen LogP contribution in [-0.2, 0) is 16.0 Å². The average molecular weight is 255 g/mol. The lowest BCUT2D eigenvalue weighted by molar-refractivity contribution is -0.142. The van der Waals surface area contributed by atoms with E-state index in [1.54, 1.807) is 6.92 Å². The van der Waals surface area contributed by atoms with Crippen molar-refractivity contribution >= 4 is 23.2 Å². The second-order valence-corrected chi connectivity index (χ2v) is 4.36. The summed E-state index contributed by atoms with van der Waals surface area (Å²) >= 11 is 1.42. The SMILES string of the molecule is CCOC(=O)CCNC(=O)c1sccc1CC. The van der Waals surface area contributed by atoms with E-state index in [1.165, 1.54) is 11.3 Å². The van der Waals surface area contributed by atoms with Gasteiger partial charge in [-0.15, -0.1) is 11.3 Å². The van der Waals surface area contributed by atoms with Crippen LogP contribution >= 0.6 is 11.3 Å². The number of esters is 1. The van der Waals surface area contributed by atoms with Crippen LogP contribution in [0.15, 0.2) is 11.4 Å². The number of rotatable bonds is 6. The van der Waals surface area contributed by atoms with Crippen LogP contribution in [0, 0.1) is 0 Å². The molecule has 1 N–H and O–H groups in total. The summed E-state index contributed by atoms with van der Waals surface area (Å²) in [5.41, 5.74) is 1.05. The molecule has 1 amide bonds. The minimum absolute atomic E-state index is 0.110. The molecule has 0 aliphatic carbocycles. The summed E-state index contributed by atoms with van der Waals surface area (Å²) in [6.45, 7) is 4.46. The molecule has 1 aromatic heterocycles. The van der Waals surface area contributed by atoms with E-state index in [9.17, 15) is 9.59 Å². The molecule has 0 aromatic carbocycles. The minimum Gasteiger partial charge on any atom is -0.466 e. The number of carbonyl (C=O) groups excluding carboxylic acids is 2. The Morgan fingerprint density at radius 1 is 1.41 bits per heavy atom. The molecule has 4 nitrogen and oxygen atoms in total. The highest BCUT2D eigenvalue weighted by molar-refractivity contribution is 7.12. The fraction of sp³-hybridized carbons (Fsp3) is 0.500. The van der Waals surface area contributed by atoms with Crippen LogP contribution in [0.1, 0.15) is 35.5 Å². The molecule has 1 aromatic rings. The maximum absolute atomic E-state index is 11.8. The first-order valence-electron chi connectivity index (χ1n) is 5.69. The van der Waals surface area contributed by atoms with Gasteiger partial charge in [0.2, 0.25) is 0 Å². The molecule has 0 aliphatic heterocycles. The van der Waals surface area contributed by atoms with Gasteiger partial charge in [-0.2, -0.15) is 0 Å². The van der Waals surface area contributed by atoms with Crippen molar-refractivity contribution in [2.45, 2.75) is 26.7 Å². The van der Waals surface area contributed by atoms with Crippen molar-refractivity contribution in [1.29, 1.82) is 0 Å². The molecule has 0 spiro atoms. The third kappa shape index (κ3) is 4.19. The first-order valence-corrected chi connectivity index (χ1v) is 6.57. The number of thiophene rings is 1. The molecule has 0 saturated heterocycles. The fourth-order valence-corrected chi connectivity index (χ4v) is 2.32. The van der Waals surface area contributed by atoms with Gasteiger partial charge in [0.15, 0.2) is 0 Å². The number of ether oxygens (including phenoxy) is 1. The molecule has 1 heterocycles. The van der Waals surface area contributed by atoms with Gasteiger partial charge in [-0.3, -0.25) is 9.59 Å². The number of hydrogen-bond donors (Lipinski definition) is 1. The zero-order chi connectivity index (χ0) is 12.7. The van der Waals surface area contributed by atoms with Gasteiger partial charge in [0.25, 0.3) is 5.91 Å². The van der Waals surface area contributed by atoms with Crippen LogP contribution in [0.3, 0.4) is 0 Å². The maximum atomic E-state index is 11.8. The average Bonchev–Trinajstić information content (AvgIpc) is 2.77. The summed E-state index contributed by atoms with van der Waals surface area (Å²) in [6.07, 6.45) is 1.05. The van der Waals surface area contributed by atoms with E-state index in [4.69, 9.17) is 4.74 Å². The number of amides is 1. The minimum atomic E-state index is -0.283. The Hall–Kier alpha value is -1.36. The summed E-state index contributed by atoms with van der Waals surface area (Å²) in [5, 5.41) is 4.62. The first kappa shape index (κ1) is 13.7.